The van der Waals surface area contributed by atoms with Crippen molar-refractivity contribution in [3.63, 3.8) is 0 Å². The number of carbonyl (C=O) groups is 1. The van der Waals surface area contributed by atoms with E-state index in [4.69, 9.17) is 37.4 Å². The number of ether oxygens (including phenoxy) is 4. The molecule has 2 aromatic rings. The lowest BCUT2D eigenvalue weighted by Crippen LogP contribution is -2.50. The summed E-state index contributed by atoms with van der Waals surface area (Å²) in [6, 6.07) is 2.62. The van der Waals surface area contributed by atoms with Gasteiger partial charge in [-0.3, -0.25) is 9.78 Å². The van der Waals surface area contributed by atoms with Crippen molar-refractivity contribution < 1.29 is 32.5 Å². The lowest BCUT2D eigenvalue weighted by molar-refractivity contribution is -0.143. The quantitative estimate of drug-likeness (QED) is 0.642. The molecular weight excluding hydrogens is 431 g/mol. The van der Waals surface area contributed by atoms with Gasteiger partial charge in [-0.1, -0.05) is 23.2 Å². The predicted octanol–water partition coefficient (Wildman–Crippen LogP) is 4.20. The minimum Gasteiger partial charge on any atom is -0.488 e. The summed E-state index contributed by atoms with van der Waals surface area (Å²) in [5.74, 6) is -0.557. The number of carbonyl (C=O) groups excluding carboxylic acids is 1. The molecule has 1 saturated heterocycles. The Morgan fingerprint density at radius 2 is 1.76 bits per heavy atom. The predicted molar refractivity (Wildman–Crippen MR) is 99.6 cm³/mol. The molecule has 0 N–H and O–H groups in total. The van der Waals surface area contributed by atoms with Crippen molar-refractivity contribution in [3.05, 3.63) is 45.7 Å². The largest absolute Gasteiger partial charge is 0.488 e. The fourth-order valence-corrected chi connectivity index (χ4v) is 3.64. The average molecular weight is 446 g/mol. The molecule has 1 spiro atoms. The van der Waals surface area contributed by atoms with Crippen molar-refractivity contribution >= 4 is 29.0 Å². The molecule has 4 rings (SSSR count). The zero-order valence-corrected chi connectivity index (χ0v) is 16.4. The second-order valence-electron chi connectivity index (χ2n) is 6.90. The highest BCUT2D eigenvalue weighted by molar-refractivity contribution is 6.36. The standard InChI is InChI=1S/C19H15Cl2F2NO5/c20-12-4-24-5-13(21)11(12)3-14(25)10-1-2-15(29-18(22)23)17-16(10)27-8-19(9-28-17)6-26-7-19/h1-2,4-5,18H,3,6-9H2. The van der Waals surface area contributed by atoms with Crippen LogP contribution in [0.4, 0.5) is 8.78 Å². The number of halogens is 4. The molecule has 0 saturated carbocycles. The Labute approximate surface area is 174 Å². The van der Waals surface area contributed by atoms with Gasteiger partial charge in [0, 0.05) is 24.4 Å². The summed E-state index contributed by atoms with van der Waals surface area (Å²) < 4.78 is 47.0. The van der Waals surface area contributed by atoms with Crippen molar-refractivity contribution in [2.45, 2.75) is 13.0 Å². The van der Waals surface area contributed by atoms with Crippen LogP contribution in [-0.2, 0) is 11.2 Å². The molecule has 0 radical (unpaired) electrons. The fourth-order valence-electron chi connectivity index (χ4n) is 3.15. The van der Waals surface area contributed by atoms with E-state index in [0.717, 1.165) is 0 Å². The molecule has 2 aliphatic heterocycles. The van der Waals surface area contributed by atoms with Gasteiger partial charge in [0.15, 0.2) is 17.3 Å². The second-order valence-corrected chi connectivity index (χ2v) is 7.71. The first kappa shape index (κ1) is 20.1. The van der Waals surface area contributed by atoms with Crippen molar-refractivity contribution in [3.8, 4) is 17.2 Å². The maximum Gasteiger partial charge on any atom is 0.387 e. The summed E-state index contributed by atoms with van der Waals surface area (Å²) in [7, 11) is 0. The van der Waals surface area contributed by atoms with Gasteiger partial charge in [-0.05, 0) is 12.1 Å². The summed E-state index contributed by atoms with van der Waals surface area (Å²) in [6.45, 7) is -1.81. The molecule has 6 nitrogen and oxygen atoms in total. The minimum atomic E-state index is -3.05. The number of aromatic nitrogens is 1. The molecule has 0 unspecified atom stereocenters. The van der Waals surface area contributed by atoms with Crippen LogP contribution in [0.5, 0.6) is 17.2 Å². The van der Waals surface area contributed by atoms with E-state index >= 15 is 0 Å². The van der Waals surface area contributed by atoms with E-state index in [0.29, 0.717) is 18.8 Å². The summed E-state index contributed by atoms with van der Waals surface area (Å²) in [5, 5.41) is 0.495. The number of hydrogen-bond donors (Lipinski definition) is 0. The lowest BCUT2D eigenvalue weighted by Gasteiger charge is -2.38. The van der Waals surface area contributed by atoms with Gasteiger partial charge < -0.3 is 18.9 Å². The third kappa shape index (κ3) is 3.97. The number of hydrogen-bond acceptors (Lipinski definition) is 6. The normalized spacial score (nSPS) is 17.0. The highest BCUT2D eigenvalue weighted by atomic mass is 35.5. The third-order valence-corrected chi connectivity index (χ3v) is 5.40. The summed E-state index contributed by atoms with van der Waals surface area (Å²) in [5.41, 5.74) is 0.176. The van der Waals surface area contributed by atoms with Crippen LogP contribution in [0.3, 0.4) is 0 Å². The first-order valence-electron chi connectivity index (χ1n) is 8.65. The fraction of sp³-hybridized carbons (Fsp3) is 0.368. The van der Waals surface area contributed by atoms with Gasteiger partial charge >= 0.3 is 6.61 Å². The van der Waals surface area contributed by atoms with Gasteiger partial charge in [0.2, 0.25) is 5.75 Å². The molecule has 0 aliphatic carbocycles. The summed E-state index contributed by atoms with van der Waals surface area (Å²) in [4.78, 5) is 16.9. The Morgan fingerprint density at radius 1 is 1.10 bits per heavy atom. The van der Waals surface area contributed by atoms with Crippen LogP contribution in [-0.4, -0.2) is 43.8 Å². The molecule has 1 aromatic carbocycles. The van der Waals surface area contributed by atoms with Crippen LogP contribution >= 0.6 is 23.2 Å². The molecule has 0 amide bonds. The van der Waals surface area contributed by atoms with Gasteiger partial charge in [0.25, 0.3) is 0 Å². The van der Waals surface area contributed by atoms with Gasteiger partial charge in [0.1, 0.15) is 13.2 Å². The Balaban J connectivity index is 1.69. The molecule has 3 heterocycles. The van der Waals surface area contributed by atoms with Crippen molar-refractivity contribution in [1.82, 2.24) is 4.98 Å². The molecule has 10 heteroatoms. The number of pyridine rings is 1. The van der Waals surface area contributed by atoms with E-state index in [1.807, 2.05) is 0 Å². The number of benzene rings is 1. The number of Topliss-reactive ketones (excluding diaryl/α,β-unsaturated/α-hetero) is 1. The SMILES string of the molecule is O=C(Cc1c(Cl)cncc1Cl)c1ccc(OC(F)F)c2c1OCC1(COC1)CO2. The van der Waals surface area contributed by atoms with Gasteiger partial charge in [-0.25, -0.2) is 0 Å². The second kappa shape index (κ2) is 7.93. The highest BCUT2D eigenvalue weighted by Gasteiger charge is 2.43. The maximum absolute atomic E-state index is 13.0. The molecule has 1 aromatic heterocycles. The van der Waals surface area contributed by atoms with Crippen molar-refractivity contribution in [1.29, 1.82) is 0 Å². The van der Waals surface area contributed by atoms with Crippen LogP contribution in [0, 0.1) is 5.41 Å². The number of rotatable bonds is 5. The lowest BCUT2D eigenvalue weighted by atomic mass is 9.88. The van der Waals surface area contributed by atoms with Crippen LogP contribution < -0.4 is 14.2 Å². The Hall–Kier alpha value is -2.16. The first-order chi connectivity index (χ1) is 13.9. The van der Waals surface area contributed by atoms with Gasteiger partial charge in [-0.2, -0.15) is 8.78 Å². The summed E-state index contributed by atoms with van der Waals surface area (Å²) >= 11 is 12.2. The average Bonchev–Trinajstić information content (AvgIpc) is 2.85. The molecule has 1 fully saturated rings. The topological polar surface area (TPSA) is 66.9 Å². The monoisotopic (exact) mass is 445 g/mol. The van der Waals surface area contributed by atoms with Crippen LogP contribution in [0.1, 0.15) is 15.9 Å². The van der Waals surface area contributed by atoms with Crippen molar-refractivity contribution in [2.75, 3.05) is 26.4 Å². The first-order valence-corrected chi connectivity index (χ1v) is 9.40. The van der Waals surface area contributed by atoms with E-state index in [1.54, 1.807) is 0 Å². The third-order valence-electron chi connectivity index (χ3n) is 4.74. The van der Waals surface area contributed by atoms with Crippen LogP contribution in [0.2, 0.25) is 10.0 Å². The van der Waals surface area contributed by atoms with Crippen molar-refractivity contribution in [2.24, 2.45) is 5.41 Å². The smallest absolute Gasteiger partial charge is 0.387 e. The Kier molecular flexibility index (Phi) is 5.50. The number of alkyl halides is 2. The molecule has 154 valence electrons. The van der Waals surface area contributed by atoms with Crippen LogP contribution in [0.15, 0.2) is 24.5 Å². The van der Waals surface area contributed by atoms with E-state index < -0.39 is 6.61 Å². The zero-order valence-electron chi connectivity index (χ0n) is 14.9. The van der Waals surface area contributed by atoms with E-state index in [-0.39, 0.29) is 63.7 Å². The van der Waals surface area contributed by atoms with Gasteiger partial charge in [0.05, 0.1) is 34.2 Å². The Morgan fingerprint density at radius 3 is 2.34 bits per heavy atom. The molecule has 0 bridgehead atoms. The molecule has 2 aliphatic rings. The highest BCUT2D eigenvalue weighted by Crippen LogP contribution is 2.46. The van der Waals surface area contributed by atoms with E-state index in [2.05, 4.69) is 9.72 Å². The van der Waals surface area contributed by atoms with Crippen LogP contribution in [0.25, 0.3) is 0 Å². The molecule has 29 heavy (non-hydrogen) atoms. The minimum absolute atomic E-state index is 0.0353. The zero-order chi connectivity index (χ0) is 20.6. The van der Waals surface area contributed by atoms with E-state index in [1.165, 1.54) is 24.5 Å². The Bertz CT molecular complexity index is 932. The molecular formula is C19H15Cl2F2NO5. The summed E-state index contributed by atoms with van der Waals surface area (Å²) in [6.07, 6.45) is 2.64. The van der Waals surface area contributed by atoms with E-state index in [9.17, 15) is 13.6 Å². The van der Waals surface area contributed by atoms with Gasteiger partial charge in [-0.15, -0.1) is 0 Å². The molecule has 0 atom stereocenters. The number of nitrogens with zero attached hydrogens (tertiary/aromatic N) is 1. The maximum atomic E-state index is 13.0. The number of ketones is 1. The number of fused-ring (bicyclic) bond motifs is 1.